The molecule has 0 amide bonds. The standard InChI is InChI=1S/C4H5F2/c1-2-3-4(5)6/h2-3H,1H3/b3-2+. The molecule has 0 rings (SSSR count). The van der Waals surface area contributed by atoms with Gasteiger partial charge in [0, 0.05) is 0 Å². The number of hydrogen-bond donors (Lipinski definition) is 0. The van der Waals surface area contributed by atoms with Gasteiger partial charge >= 0.3 is 6.43 Å². The Morgan fingerprint density at radius 1 is 1.50 bits per heavy atom. The summed E-state index contributed by atoms with van der Waals surface area (Å²) in [7, 11) is 0. The summed E-state index contributed by atoms with van der Waals surface area (Å²) in [6.45, 7) is 1.54. The monoisotopic (exact) mass is 91.0 g/mol. The molecule has 0 unspecified atom stereocenters. The predicted octanol–water partition coefficient (Wildman–Crippen LogP) is 1.99. The molecule has 0 atom stereocenters. The van der Waals surface area contributed by atoms with E-state index >= 15 is 0 Å². The Kier molecular flexibility index (Phi) is 2.63. The van der Waals surface area contributed by atoms with Gasteiger partial charge in [-0.25, -0.2) is 0 Å². The van der Waals surface area contributed by atoms with E-state index in [1.165, 1.54) is 6.08 Å². The van der Waals surface area contributed by atoms with E-state index in [9.17, 15) is 8.78 Å². The van der Waals surface area contributed by atoms with Crippen molar-refractivity contribution in [1.29, 1.82) is 0 Å². The summed E-state index contributed by atoms with van der Waals surface area (Å²) in [5.74, 6) is 0. The molecule has 0 nitrogen and oxygen atoms in total. The fourth-order valence-corrected chi connectivity index (χ4v) is 0.126. The maximum Gasteiger partial charge on any atom is 0.332 e. The van der Waals surface area contributed by atoms with Crippen LogP contribution >= 0.6 is 0 Å². The van der Waals surface area contributed by atoms with Crippen LogP contribution in [-0.2, 0) is 0 Å². The molecule has 2 heteroatoms. The van der Waals surface area contributed by atoms with Crippen LogP contribution in [0.3, 0.4) is 0 Å². The Hall–Kier alpha value is -0.400. The van der Waals surface area contributed by atoms with Crippen LogP contribution in [0.5, 0.6) is 0 Å². The van der Waals surface area contributed by atoms with Crippen LogP contribution in [0.1, 0.15) is 6.92 Å². The Balaban J connectivity index is 3.03. The third-order valence-corrected chi connectivity index (χ3v) is 0.293. The summed E-state index contributed by atoms with van der Waals surface area (Å²) in [5, 5.41) is 0. The molecule has 0 heterocycles. The molecule has 0 aromatic carbocycles. The van der Waals surface area contributed by atoms with Gasteiger partial charge in [-0.05, 0) is 13.0 Å². The molecule has 0 bridgehead atoms. The van der Waals surface area contributed by atoms with E-state index in [4.69, 9.17) is 0 Å². The van der Waals surface area contributed by atoms with Crippen molar-refractivity contribution in [2.24, 2.45) is 0 Å². The van der Waals surface area contributed by atoms with Gasteiger partial charge in [-0.15, -0.1) is 0 Å². The van der Waals surface area contributed by atoms with Crippen molar-refractivity contribution in [3.63, 3.8) is 0 Å². The SMILES string of the molecule is C/C=C/[C](F)F. The number of halogens is 2. The molecule has 0 saturated carbocycles. The highest BCUT2D eigenvalue weighted by molar-refractivity contribution is 4.91. The van der Waals surface area contributed by atoms with Gasteiger partial charge in [0.15, 0.2) is 0 Å². The van der Waals surface area contributed by atoms with Crippen molar-refractivity contribution in [2.75, 3.05) is 0 Å². The maximum atomic E-state index is 10.9. The minimum Gasteiger partial charge on any atom is -0.195 e. The quantitative estimate of drug-likeness (QED) is 0.463. The summed E-state index contributed by atoms with van der Waals surface area (Å²) >= 11 is 0. The summed E-state index contributed by atoms with van der Waals surface area (Å²) in [5.41, 5.74) is 0. The van der Waals surface area contributed by atoms with E-state index in [-0.39, 0.29) is 0 Å². The minimum atomic E-state index is -1.64. The van der Waals surface area contributed by atoms with E-state index in [0.29, 0.717) is 0 Å². The molecule has 0 aliphatic rings. The molecular formula is C4H5F2. The topological polar surface area (TPSA) is 0 Å². The first kappa shape index (κ1) is 5.60. The van der Waals surface area contributed by atoms with Gasteiger partial charge in [-0.3, -0.25) is 0 Å². The third-order valence-electron chi connectivity index (χ3n) is 0.293. The van der Waals surface area contributed by atoms with Gasteiger partial charge in [0.2, 0.25) is 0 Å². The molecular weight excluding hydrogens is 86.0 g/mol. The van der Waals surface area contributed by atoms with Crippen LogP contribution in [0.4, 0.5) is 8.78 Å². The second-order valence-corrected chi connectivity index (χ2v) is 0.790. The second-order valence-electron chi connectivity index (χ2n) is 0.790. The average molecular weight is 91.1 g/mol. The van der Waals surface area contributed by atoms with Crippen LogP contribution in [0.15, 0.2) is 12.2 Å². The zero-order valence-corrected chi connectivity index (χ0v) is 3.41. The zero-order chi connectivity index (χ0) is 4.99. The lowest BCUT2D eigenvalue weighted by molar-refractivity contribution is 0.333. The van der Waals surface area contributed by atoms with Gasteiger partial charge in [0.25, 0.3) is 0 Å². The molecule has 0 spiro atoms. The van der Waals surface area contributed by atoms with E-state index in [1.807, 2.05) is 0 Å². The van der Waals surface area contributed by atoms with Crippen LogP contribution in [0, 0.1) is 6.43 Å². The van der Waals surface area contributed by atoms with Gasteiger partial charge < -0.3 is 0 Å². The van der Waals surface area contributed by atoms with Crippen molar-refractivity contribution in [3.8, 4) is 0 Å². The highest BCUT2D eigenvalue weighted by Gasteiger charge is 1.91. The van der Waals surface area contributed by atoms with Crippen molar-refractivity contribution >= 4 is 0 Å². The van der Waals surface area contributed by atoms with Gasteiger partial charge in [-0.2, -0.15) is 8.78 Å². The Morgan fingerprint density at radius 2 is 2.00 bits per heavy atom. The molecule has 35 valence electrons. The van der Waals surface area contributed by atoms with Gasteiger partial charge in [0.1, 0.15) is 0 Å². The van der Waals surface area contributed by atoms with Crippen LogP contribution in [0.25, 0.3) is 0 Å². The van der Waals surface area contributed by atoms with Gasteiger partial charge in [-0.1, -0.05) is 6.08 Å². The van der Waals surface area contributed by atoms with E-state index in [0.717, 1.165) is 6.08 Å². The summed E-state index contributed by atoms with van der Waals surface area (Å²) in [6.07, 6.45) is 0.396. The molecule has 0 N–H and O–H groups in total. The average Bonchev–Trinajstić information content (AvgIpc) is 1.35. The number of hydrogen-bond acceptors (Lipinski definition) is 0. The highest BCUT2D eigenvalue weighted by Crippen LogP contribution is 2.02. The molecule has 0 fully saturated rings. The van der Waals surface area contributed by atoms with Crippen LogP contribution < -0.4 is 0 Å². The minimum absolute atomic E-state index is 0.750. The third kappa shape index (κ3) is 3.60. The first-order valence-electron chi connectivity index (χ1n) is 1.58. The first-order chi connectivity index (χ1) is 2.77. The molecule has 0 aliphatic heterocycles. The molecule has 1 radical (unpaired) electrons. The summed E-state index contributed by atoms with van der Waals surface area (Å²) < 4.78 is 21.7. The summed E-state index contributed by atoms with van der Waals surface area (Å²) in [4.78, 5) is 0. The molecule has 0 saturated heterocycles. The second kappa shape index (κ2) is 2.82. The lowest BCUT2D eigenvalue weighted by Gasteiger charge is -1.75. The maximum absolute atomic E-state index is 10.9. The molecule has 0 aromatic heterocycles. The van der Waals surface area contributed by atoms with Crippen molar-refractivity contribution < 1.29 is 8.78 Å². The normalized spacial score (nSPS) is 11.3. The number of rotatable bonds is 1. The van der Waals surface area contributed by atoms with Crippen molar-refractivity contribution in [3.05, 3.63) is 18.6 Å². The fourth-order valence-electron chi connectivity index (χ4n) is 0.126. The van der Waals surface area contributed by atoms with Crippen LogP contribution in [0.2, 0.25) is 0 Å². The fraction of sp³-hybridized carbons (Fsp3) is 0.250. The van der Waals surface area contributed by atoms with Gasteiger partial charge in [0.05, 0.1) is 0 Å². The van der Waals surface area contributed by atoms with Crippen molar-refractivity contribution in [2.45, 2.75) is 6.92 Å². The number of allylic oxidation sites excluding steroid dienone is 2. The lowest BCUT2D eigenvalue weighted by Crippen LogP contribution is -1.63. The predicted molar refractivity (Wildman–Crippen MR) is 20.3 cm³/mol. The highest BCUT2D eigenvalue weighted by atomic mass is 19.3. The molecule has 0 aromatic rings. The Labute approximate surface area is 35.5 Å². The summed E-state index contributed by atoms with van der Waals surface area (Å²) in [6, 6.07) is 0. The largest absolute Gasteiger partial charge is 0.332 e. The van der Waals surface area contributed by atoms with Crippen molar-refractivity contribution in [1.82, 2.24) is 0 Å². The Morgan fingerprint density at radius 3 is 2.00 bits per heavy atom. The van der Waals surface area contributed by atoms with E-state index < -0.39 is 6.43 Å². The lowest BCUT2D eigenvalue weighted by atomic mass is 10.6. The van der Waals surface area contributed by atoms with E-state index in [2.05, 4.69) is 0 Å². The zero-order valence-electron chi connectivity index (χ0n) is 3.41. The Bertz CT molecular complexity index is 47.5. The molecule has 0 aliphatic carbocycles. The van der Waals surface area contributed by atoms with Crippen LogP contribution in [-0.4, -0.2) is 0 Å². The first-order valence-corrected chi connectivity index (χ1v) is 1.58. The molecule has 6 heavy (non-hydrogen) atoms. The van der Waals surface area contributed by atoms with E-state index in [1.54, 1.807) is 6.92 Å². The smallest absolute Gasteiger partial charge is 0.195 e.